The van der Waals surface area contributed by atoms with E-state index in [-0.39, 0.29) is 42.4 Å². The SMILES string of the molecule is CN=C(NCC1CCCN(C)C1)N1CCN(S(=O)(=O)CCOC(C)C)CC1.I. The van der Waals surface area contributed by atoms with E-state index in [9.17, 15) is 8.42 Å². The summed E-state index contributed by atoms with van der Waals surface area (Å²) in [6.45, 7) is 9.61. The highest BCUT2D eigenvalue weighted by Gasteiger charge is 2.28. The van der Waals surface area contributed by atoms with Crippen LogP contribution in [0, 0.1) is 5.92 Å². The van der Waals surface area contributed by atoms with Crippen LogP contribution in [-0.2, 0) is 14.8 Å². The van der Waals surface area contributed by atoms with E-state index >= 15 is 0 Å². The number of hydrogen-bond donors (Lipinski definition) is 1. The number of ether oxygens (including phenoxy) is 1. The fraction of sp³-hybridized carbons (Fsp3) is 0.944. The molecule has 0 amide bonds. The predicted octanol–water partition coefficient (Wildman–Crippen LogP) is 0.894. The molecule has 2 heterocycles. The Morgan fingerprint density at radius 1 is 1.21 bits per heavy atom. The second-order valence-electron chi connectivity index (χ2n) is 7.82. The first-order valence-corrected chi connectivity index (χ1v) is 11.7. The Bertz CT molecular complexity index is 580. The Morgan fingerprint density at radius 3 is 2.46 bits per heavy atom. The monoisotopic (exact) mass is 531 g/mol. The standard InChI is InChI=1S/C18H37N5O3S.HI/c1-16(2)26-12-13-27(24,25)23-10-8-22(9-11-23)18(19-3)20-14-17-6-5-7-21(4)15-17;/h16-17H,5-15H2,1-4H3,(H,19,20);1H. The van der Waals surface area contributed by atoms with Crippen LogP contribution >= 0.6 is 24.0 Å². The van der Waals surface area contributed by atoms with Crippen LogP contribution in [0.3, 0.4) is 0 Å². The number of guanidine groups is 1. The smallest absolute Gasteiger partial charge is 0.216 e. The maximum absolute atomic E-state index is 12.5. The summed E-state index contributed by atoms with van der Waals surface area (Å²) in [5.74, 6) is 1.57. The van der Waals surface area contributed by atoms with Gasteiger partial charge < -0.3 is 19.9 Å². The first-order chi connectivity index (χ1) is 12.8. The van der Waals surface area contributed by atoms with E-state index in [4.69, 9.17) is 4.74 Å². The zero-order chi connectivity index (χ0) is 19.9. The zero-order valence-corrected chi connectivity index (χ0v) is 20.9. The van der Waals surface area contributed by atoms with E-state index in [2.05, 4.69) is 27.2 Å². The Kier molecular flexibility index (Phi) is 11.6. The molecule has 0 aromatic heterocycles. The first-order valence-electron chi connectivity index (χ1n) is 10.1. The summed E-state index contributed by atoms with van der Waals surface area (Å²) in [7, 11) is 0.712. The van der Waals surface area contributed by atoms with E-state index in [0.29, 0.717) is 32.1 Å². The Labute approximate surface area is 188 Å². The summed E-state index contributed by atoms with van der Waals surface area (Å²) in [6.07, 6.45) is 2.55. The van der Waals surface area contributed by atoms with Crippen molar-refractivity contribution >= 4 is 40.0 Å². The lowest BCUT2D eigenvalue weighted by atomic mass is 9.98. The number of piperidine rings is 1. The maximum atomic E-state index is 12.5. The number of halogens is 1. The molecule has 2 aliphatic rings. The minimum Gasteiger partial charge on any atom is -0.378 e. The molecule has 0 saturated carbocycles. The van der Waals surface area contributed by atoms with Gasteiger partial charge in [0.25, 0.3) is 0 Å². The molecule has 2 aliphatic heterocycles. The molecule has 0 aromatic rings. The van der Waals surface area contributed by atoms with Crippen molar-refractivity contribution < 1.29 is 13.2 Å². The molecule has 2 fully saturated rings. The number of sulfonamides is 1. The van der Waals surface area contributed by atoms with Gasteiger partial charge in [-0.1, -0.05) is 0 Å². The van der Waals surface area contributed by atoms with Crippen LogP contribution in [0.1, 0.15) is 26.7 Å². The van der Waals surface area contributed by atoms with Crippen LogP contribution in [0.2, 0.25) is 0 Å². The molecule has 1 atom stereocenters. The number of nitrogens with one attached hydrogen (secondary N) is 1. The van der Waals surface area contributed by atoms with Crippen LogP contribution in [0.4, 0.5) is 0 Å². The molecule has 0 aromatic carbocycles. The second-order valence-corrected chi connectivity index (χ2v) is 9.91. The quantitative estimate of drug-likeness (QED) is 0.299. The van der Waals surface area contributed by atoms with Gasteiger partial charge in [-0.05, 0) is 46.2 Å². The Hall–Kier alpha value is -0.170. The van der Waals surface area contributed by atoms with E-state index in [1.54, 1.807) is 11.4 Å². The summed E-state index contributed by atoms with van der Waals surface area (Å²) >= 11 is 0. The molecule has 2 rings (SSSR count). The molecule has 166 valence electrons. The van der Waals surface area contributed by atoms with Crippen LogP contribution in [0.25, 0.3) is 0 Å². The first kappa shape index (κ1) is 25.9. The van der Waals surface area contributed by atoms with E-state index in [1.807, 2.05) is 13.8 Å². The lowest BCUT2D eigenvalue weighted by Crippen LogP contribution is -2.55. The third-order valence-corrected chi connectivity index (χ3v) is 7.04. The van der Waals surface area contributed by atoms with Crippen LogP contribution < -0.4 is 5.32 Å². The average molecular weight is 532 g/mol. The third kappa shape index (κ3) is 8.29. The van der Waals surface area contributed by atoms with Gasteiger partial charge >= 0.3 is 0 Å². The lowest BCUT2D eigenvalue weighted by Gasteiger charge is -2.37. The van der Waals surface area contributed by atoms with Crippen molar-refractivity contribution in [2.45, 2.75) is 32.8 Å². The van der Waals surface area contributed by atoms with E-state index in [0.717, 1.165) is 19.0 Å². The third-order valence-electron chi connectivity index (χ3n) is 5.21. The summed E-state index contributed by atoms with van der Waals surface area (Å²) in [6, 6.07) is 0. The number of piperazine rings is 1. The number of aliphatic imine (C=N–C) groups is 1. The van der Waals surface area contributed by atoms with Gasteiger partial charge in [0, 0.05) is 46.3 Å². The van der Waals surface area contributed by atoms with Gasteiger partial charge in [-0.2, -0.15) is 4.31 Å². The van der Waals surface area contributed by atoms with Gasteiger partial charge in [0.15, 0.2) is 5.96 Å². The summed E-state index contributed by atoms with van der Waals surface area (Å²) in [5.41, 5.74) is 0. The molecule has 1 N–H and O–H groups in total. The van der Waals surface area contributed by atoms with Crippen molar-refractivity contribution in [1.29, 1.82) is 0 Å². The Morgan fingerprint density at radius 2 is 1.89 bits per heavy atom. The fourth-order valence-electron chi connectivity index (χ4n) is 3.70. The topological polar surface area (TPSA) is 77.5 Å². The van der Waals surface area contributed by atoms with Crippen LogP contribution in [0.15, 0.2) is 4.99 Å². The van der Waals surface area contributed by atoms with E-state index in [1.165, 1.54) is 19.4 Å². The normalized spacial score (nSPS) is 23.0. The number of likely N-dealkylation sites (tertiary alicyclic amines) is 1. The van der Waals surface area contributed by atoms with Gasteiger partial charge in [-0.15, -0.1) is 24.0 Å². The molecule has 1 unspecified atom stereocenters. The van der Waals surface area contributed by atoms with Crippen molar-refractivity contribution in [1.82, 2.24) is 19.4 Å². The zero-order valence-electron chi connectivity index (χ0n) is 17.8. The van der Waals surface area contributed by atoms with Gasteiger partial charge in [0.1, 0.15) is 0 Å². The Balaban J connectivity index is 0.00000392. The maximum Gasteiger partial charge on any atom is 0.216 e. The van der Waals surface area contributed by atoms with Crippen molar-refractivity contribution in [3.8, 4) is 0 Å². The van der Waals surface area contributed by atoms with Crippen molar-refractivity contribution in [3.63, 3.8) is 0 Å². The van der Waals surface area contributed by atoms with Gasteiger partial charge in [-0.25, -0.2) is 8.42 Å². The van der Waals surface area contributed by atoms with E-state index < -0.39 is 10.0 Å². The average Bonchev–Trinajstić information content (AvgIpc) is 2.62. The molecule has 10 heteroatoms. The number of rotatable bonds is 7. The minimum absolute atomic E-state index is 0. The summed E-state index contributed by atoms with van der Waals surface area (Å²) < 4.78 is 31.9. The highest BCUT2D eigenvalue weighted by atomic mass is 127. The highest BCUT2D eigenvalue weighted by Crippen LogP contribution is 2.14. The molecule has 0 aliphatic carbocycles. The van der Waals surface area contributed by atoms with Crippen molar-refractivity contribution in [2.24, 2.45) is 10.9 Å². The molecular formula is C18H38IN5O3S. The molecule has 28 heavy (non-hydrogen) atoms. The molecule has 8 nitrogen and oxygen atoms in total. The largest absolute Gasteiger partial charge is 0.378 e. The fourth-order valence-corrected chi connectivity index (χ4v) is 4.99. The van der Waals surface area contributed by atoms with Gasteiger partial charge in [0.2, 0.25) is 10.0 Å². The van der Waals surface area contributed by atoms with Gasteiger partial charge in [-0.3, -0.25) is 4.99 Å². The predicted molar refractivity (Wildman–Crippen MR) is 125 cm³/mol. The second kappa shape index (κ2) is 12.5. The molecule has 0 radical (unpaired) electrons. The minimum atomic E-state index is -3.25. The number of nitrogens with zero attached hydrogens (tertiary/aromatic N) is 4. The van der Waals surface area contributed by atoms with Crippen LogP contribution in [-0.4, -0.2) is 107 Å². The molecule has 0 spiro atoms. The van der Waals surface area contributed by atoms with Gasteiger partial charge in [0.05, 0.1) is 18.5 Å². The van der Waals surface area contributed by atoms with Crippen molar-refractivity contribution in [2.75, 3.05) is 72.3 Å². The molecular weight excluding hydrogens is 493 g/mol. The molecule has 0 bridgehead atoms. The lowest BCUT2D eigenvalue weighted by molar-refractivity contribution is 0.0904. The van der Waals surface area contributed by atoms with Crippen LogP contribution in [0.5, 0.6) is 0 Å². The summed E-state index contributed by atoms with van der Waals surface area (Å²) in [5, 5.41) is 3.49. The highest BCUT2D eigenvalue weighted by molar-refractivity contribution is 14.0. The number of hydrogen-bond acceptors (Lipinski definition) is 5. The molecule has 2 saturated heterocycles. The van der Waals surface area contributed by atoms with Crippen molar-refractivity contribution in [3.05, 3.63) is 0 Å². The summed E-state index contributed by atoms with van der Waals surface area (Å²) in [4.78, 5) is 8.94.